The van der Waals surface area contributed by atoms with Crippen LogP contribution < -0.4 is 10.6 Å². The smallest absolute Gasteiger partial charge is 0.326 e. The molecule has 10 heteroatoms. The second kappa shape index (κ2) is 17.2. The number of benzene rings is 2. The van der Waals surface area contributed by atoms with Crippen LogP contribution >= 0.6 is 0 Å². The number of likely N-dealkylation sites (N-methyl/N-ethyl adjacent to an activating group) is 2. The van der Waals surface area contributed by atoms with E-state index in [0.29, 0.717) is 12.8 Å². The Balaban J connectivity index is 2.42. The van der Waals surface area contributed by atoms with Gasteiger partial charge in [0.25, 0.3) is 0 Å². The van der Waals surface area contributed by atoms with Gasteiger partial charge in [0.2, 0.25) is 23.6 Å². The minimum atomic E-state index is -1.15. The molecule has 0 fully saturated rings. The summed E-state index contributed by atoms with van der Waals surface area (Å²) in [5.74, 6) is -3.50. The van der Waals surface area contributed by atoms with Gasteiger partial charge in [-0.3, -0.25) is 19.2 Å². The lowest BCUT2D eigenvalue weighted by atomic mass is 9.94. The van der Waals surface area contributed by atoms with Crippen LogP contribution in [0.4, 0.5) is 0 Å². The molecule has 0 aliphatic carbocycles. The van der Waals surface area contributed by atoms with Gasteiger partial charge in [-0.2, -0.15) is 0 Å². The first-order chi connectivity index (χ1) is 20.8. The van der Waals surface area contributed by atoms with Crippen molar-refractivity contribution >= 4 is 29.6 Å². The molecule has 0 radical (unpaired) electrons. The maximum Gasteiger partial charge on any atom is 0.326 e. The molecule has 0 aliphatic rings. The number of carbonyl (C=O) groups is 5. The van der Waals surface area contributed by atoms with Gasteiger partial charge in [-0.05, 0) is 23.0 Å². The van der Waals surface area contributed by atoms with E-state index in [1.165, 1.54) is 30.8 Å². The fourth-order valence-corrected chi connectivity index (χ4v) is 5.05. The Hall–Kier alpha value is -4.21. The first-order valence-corrected chi connectivity index (χ1v) is 15.2. The van der Waals surface area contributed by atoms with E-state index in [0.717, 1.165) is 11.1 Å². The Morgan fingerprint density at radius 3 is 1.45 bits per heavy atom. The van der Waals surface area contributed by atoms with E-state index >= 15 is 0 Å². The molecule has 0 spiro atoms. The Labute approximate surface area is 261 Å². The van der Waals surface area contributed by atoms with Gasteiger partial charge in [-0.25, -0.2) is 4.79 Å². The van der Waals surface area contributed by atoms with Crippen molar-refractivity contribution in [2.75, 3.05) is 14.1 Å². The molecule has 44 heavy (non-hydrogen) atoms. The Morgan fingerprint density at radius 1 is 0.682 bits per heavy atom. The monoisotopic (exact) mass is 608 g/mol. The maximum absolute atomic E-state index is 14.1. The van der Waals surface area contributed by atoms with E-state index in [2.05, 4.69) is 10.6 Å². The topological polar surface area (TPSA) is 136 Å². The normalized spacial score (nSPS) is 15.1. The van der Waals surface area contributed by atoms with E-state index in [-0.39, 0.29) is 30.6 Å². The largest absolute Gasteiger partial charge is 0.480 e. The van der Waals surface area contributed by atoms with Crippen molar-refractivity contribution in [2.24, 2.45) is 11.8 Å². The molecule has 0 aliphatic heterocycles. The van der Waals surface area contributed by atoms with Gasteiger partial charge in [0.05, 0.1) is 0 Å². The van der Waals surface area contributed by atoms with E-state index in [4.69, 9.17) is 0 Å². The molecule has 3 N–H and O–H groups in total. The number of carboxylic acids is 1. The summed E-state index contributed by atoms with van der Waals surface area (Å²) >= 11 is 0. The number of nitrogens with one attached hydrogen (secondary N) is 2. The standard InChI is InChI=1S/C34H48N4O6/c1-8-22(3)29(35-24(5)39)32(41)37(6)27(20-25-16-12-10-13-17-25)31(40)36-30(23(4)9-2)33(42)38(7)28(34(43)44)21-26-18-14-11-15-19-26/h10-19,22-23,27-30H,8-9,20-21H2,1-7H3,(H,35,39)(H,36,40)(H,43,44). The average molecular weight is 609 g/mol. The summed E-state index contributed by atoms with van der Waals surface area (Å²) in [6, 6.07) is 14.3. The van der Waals surface area contributed by atoms with Crippen LogP contribution in [0.25, 0.3) is 0 Å². The summed E-state index contributed by atoms with van der Waals surface area (Å²) < 4.78 is 0. The summed E-state index contributed by atoms with van der Waals surface area (Å²) in [7, 11) is 2.96. The van der Waals surface area contributed by atoms with E-state index in [1.54, 1.807) is 24.3 Å². The summed E-state index contributed by atoms with van der Waals surface area (Å²) in [6.07, 6.45) is 1.45. The van der Waals surface area contributed by atoms with Crippen LogP contribution in [0.15, 0.2) is 60.7 Å². The minimum absolute atomic E-state index is 0.105. The number of carboxylic acid groups (broad SMARTS) is 1. The number of aliphatic carboxylic acids is 1. The molecule has 0 saturated carbocycles. The van der Waals surface area contributed by atoms with E-state index in [9.17, 15) is 29.1 Å². The van der Waals surface area contributed by atoms with Gasteiger partial charge in [0.1, 0.15) is 24.2 Å². The lowest BCUT2D eigenvalue weighted by molar-refractivity contribution is -0.151. The van der Waals surface area contributed by atoms with Gasteiger partial charge >= 0.3 is 5.97 Å². The Bertz CT molecular complexity index is 1250. The quantitative estimate of drug-likeness (QED) is 0.268. The summed E-state index contributed by atoms with van der Waals surface area (Å²) in [5.41, 5.74) is 1.58. The first kappa shape index (κ1) is 36.0. The van der Waals surface area contributed by atoms with Crippen LogP contribution in [-0.4, -0.2) is 82.8 Å². The zero-order chi connectivity index (χ0) is 33.0. The number of amides is 4. The van der Waals surface area contributed by atoms with Crippen LogP contribution in [0.1, 0.15) is 58.6 Å². The first-order valence-electron chi connectivity index (χ1n) is 15.2. The summed E-state index contributed by atoms with van der Waals surface area (Å²) in [5, 5.41) is 15.6. The van der Waals surface area contributed by atoms with Crippen molar-refractivity contribution < 1.29 is 29.1 Å². The van der Waals surface area contributed by atoms with Crippen molar-refractivity contribution in [2.45, 2.75) is 84.5 Å². The summed E-state index contributed by atoms with van der Waals surface area (Å²) in [6.45, 7) is 8.83. The molecule has 0 saturated heterocycles. The zero-order valence-electron chi connectivity index (χ0n) is 26.9. The highest BCUT2D eigenvalue weighted by atomic mass is 16.4. The number of rotatable bonds is 16. The molecule has 2 aromatic carbocycles. The van der Waals surface area contributed by atoms with E-state index < -0.39 is 47.9 Å². The predicted octanol–water partition coefficient (Wildman–Crippen LogP) is 3.29. The Kier molecular flexibility index (Phi) is 14.0. The predicted molar refractivity (Wildman–Crippen MR) is 169 cm³/mol. The lowest BCUT2D eigenvalue weighted by Crippen LogP contribution is -2.60. The second-order valence-corrected chi connectivity index (χ2v) is 11.6. The number of hydrogen-bond donors (Lipinski definition) is 3. The molecule has 0 aromatic heterocycles. The zero-order valence-corrected chi connectivity index (χ0v) is 26.9. The molecule has 2 aromatic rings. The molecule has 6 atom stereocenters. The molecule has 6 unspecified atom stereocenters. The third-order valence-electron chi connectivity index (χ3n) is 8.38. The van der Waals surface area contributed by atoms with Gasteiger partial charge in [-0.1, -0.05) is 101 Å². The van der Waals surface area contributed by atoms with Gasteiger partial charge in [-0.15, -0.1) is 0 Å². The van der Waals surface area contributed by atoms with Crippen LogP contribution in [0.5, 0.6) is 0 Å². The van der Waals surface area contributed by atoms with Crippen LogP contribution in [0, 0.1) is 11.8 Å². The molecular formula is C34H48N4O6. The molecule has 0 heterocycles. The highest BCUT2D eigenvalue weighted by Crippen LogP contribution is 2.18. The number of nitrogens with zero attached hydrogens (tertiary/aromatic N) is 2. The highest BCUT2D eigenvalue weighted by molar-refractivity contribution is 5.95. The summed E-state index contributed by atoms with van der Waals surface area (Å²) in [4.78, 5) is 68.4. The van der Waals surface area contributed by atoms with Crippen molar-refractivity contribution in [3.63, 3.8) is 0 Å². The molecule has 240 valence electrons. The Morgan fingerprint density at radius 2 is 1.07 bits per heavy atom. The van der Waals surface area contributed by atoms with Crippen molar-refractivity contribution in [3.8, 4) is 0 Å². The third kappa shape index (κ3) is 9.92. The molecular weight excluding hydrogens is 560 g/mol. The minimum Gasteiger partial charge on any atom is -0.480 e. The second-order valence-electron chi connectivity index (χ2n) is 11.6. The van der Waals surface area contributed by atoms with Gasteiger partial charge in [0, 0.05) is 33.9 Å². The van der Waals surface area contributed by atoms with Crippen molar-refractivity contribution in [3.05, 3.63) is 71.8 Å². The molecule has 10 nitrogen and oxygen atoms in total. The fourth-order valence-electron chi connectivity index (χ4n) is 5.05. The van der Waals surface area contributed by atoms with Gasteiger partial charge in [0.15, 0.2) is 0 Å². The van der Waals surface area contributed by atoms with Crippen molar-refractivity contribution in [1.29, 1.82) is 0 Å². The van der Waals surface area contributed by atoms with E-state index in [1.807, 2.05) is 64.1 Å². The van der Waals surface area contributed by atoms with Gasteiger partial charge < -0.3 is 25.5 Å². The van der Waals surface area contributed by atoms with Crippen molar-refractivity contribution in [1.82, 2.24) is 20.4 Å². The maximum atomic E-state index is 14.1. The fraction of sp³-hybridized carbons (Fsp3) is 0.500. The molecule has 4 amide bonds. The third-order valence-corrected chi connectivity index (χ3v) is 8.38. The van der Waals surface area contributed by atoms with Crippen LogP contribution in [0.3, 0.4) is 0 Å². The number of carbonyl (C=O) groups excluding carboxylic acids is 4. The SMILES string of the molecule is CCC(C)C(NC(=O)C(Cc1ccccc1)N(C)C(=O)C(NC(C)=O)C(C)CC)C(=O)N(C)C(Cc1ccccc1)C(=O)O. The molecule has 0 bridgehead atoms. The van der Waals surface area contributed by atoms with Crippen LogP contribution in [0.2, 0.25) is 0 Å². The highest BCUT2D eigenvalue weighted by Gasteiger charge is 2.38. The molecule has 2 rings (SSSR count). The van der Waals surface area contributed by atoms with Crippen LogP contribution in [-0.2, 0) is 36.8 Å². The average Bonchev–Trinajstić information content (AvgIpc) is 3.02. The number of hydrogen-bond acceptors (Lipinski definition) is 5. The lowest BCUT2D eigenvalue weighted by Gasteiger charge is -2.35.